The molecule has 1 aliphatic heterocycles. The van der Waals surface area contributed by atoms with E-state index in [1.807, 2.05) is 60.5 Å². The van der Waals surface area contributed by atoms with E-state index >= 15 is 0 Å². The summed E-state index contributed by atoms with van der Waals surface area (Å²) in [6.45, 7) is 4.64. The van der Waals surface area contributed by atoms with Crippen molar-refractivity contribution in [3.8, 4) is 5.82 Å². The van der Waals surface area contributed by atoms with Gasteiger partial charge in [0.2, 0.25) is 0 Å². The van der Waals surface area contributed by atoms with Crippen LogP contribution in [0.25, 0.3) is 16.0 Å². The van der Waals surface area contributed by atoms with Crippen molar-refractivity contribution in [3.63, 3.8) is 0 Å². The molecule has 5 rings (SSSR count). The van der Waals surface area contributed by atoms with Crippen LogP contribution in [0.2, 0.25) is 0 Å². The van der Waals surface area contributed by atoms with Crippen LogP contribution in [0.5, 0.6) is 0 Å². The third kappa shape index (κ3) is 3.44. The minimum absolute atomic E-state index is 0.00124. The number of anilines is 1. The summed E-state index contributed by atoms with van der Waals surface area (Å²) in [5.74, 6) is 1.50. The van der Waals surface area contributed by atoms with Crippen LogP contribution >= 0.6 is 11.3 Å². The Morgan fingerprint density at radius 2 is 1.72 bits per heavy atom. The summed E-state index contributed by atoms with van der Waals surface area (Å²) in [6, 6.07) is 13.6. The molecule has 0 saturated carbocycles. The highest BCUT2D eigenvalue weighted by Crippen LogP contribution is 2.23. The lowest BCUT2D eigenvalue weighted by atomic mass is 10.3. The fraction of sp³-hybridized carbons (Fsp3) is 0.250. The van der Waals surface area contributed by atoms with Gasteiger partial charge in [0, 0.05) is 32.4 Å². The third-order valence-electron chi connectivity index (χ3n) is 4.96. The van der Waals surface area contributed by atoms with Crippen LogP contribution < -0.4 is 4.90 Å². The standard InChI is InChI=1S/C20H19N7OS/c1-14-8-9-27(24-14)18-7-6-17(22-23-18)25-10-12-26(13-11-25)20(28)19-21-15-4-2-3-5-16(15)29-19/h2-9H,10-13H2,1H3. The number of aryl methyl sites for hydroxylation is 1. The highest BCUT2D eigenvalue weighted by molar-refractivity contribution is 7.20. The van der Waals surface area contributed by atoms with Crippen molar-refractivity contribution in [1.82, 2.24) is 29.9 Å². The third-order valence-corrected chi connectivity index (χ3v) is 5.99. The van der Waals surface area contributed by atoms with E-state index in [-0.39, 0.29) is 5.91 Å². The first-order valence-corrected chi connectivity index (χ1v) is 10.3. The molecule has 1 fully saturated rings. The van der Waals surface area contributed by atoms with Gasteiger partial charge in [-0.2, -0.15) is 5.10 Å². The van der Waals surface area contributed by atoms with Gasteiger partial charge >= 0.3 is 0 Å². The molecule has 0 N–H and O–H groups in total. The zero-order valence-corrected chi connectivity index (χ0v) is 16.7. The van der Waals surface area contributed by atoms with Gasteiger partial charge in [-0.1, -0.05) is 12.1 Å². The minimum atomic E-state index is 0.00124. The molecule has 1 saturated heterocycles. The van der Waals surface area contributed by atoms with Crippen LogP contribution in [0.3, 0.4) is 0 Å². The van der Waals surface area contributed by atoms with Crippen LogP contribution in [0, 0.1) is 6.92 Å². The number of hydrogen-bond donors (Lipinski definition) is 0. The second kappa shape index (κ2) is 7.25. The van der Waals surface area contributed by atoms with Crippen molar-refractivity contribution < 1.29 is 4.79 Å². The summed E-state index contributed by atoms with van der Waals surface area (Å²) in [5, 5.41) is 13.5. The number of rotatable bonds is 3. The van der Waals surface area contributed by atoms with E-state index in [2.05, 4.69) is 25.2 Å². The predicted octanol–water partition coefficient (Wildman–Crippen LogP) is 2.54. The molecular weight excluding hydrogens is 386 g/mol. The molecule has 9 heteroatoms. The van der Waals surface area contributed by atoms with Crippen molar-refractivity contribution in [2.75, 3.05) is 31.1 Å². The molecule has 146 valence electrons. The molecule has 1 aromatic carbocycles. The van der Waals surface area contributed by atoms with E-state index in [0.717, 1.165) is 21.7 Å². The van der Waals surface area contributed by atoms with Gasteiger partial charge in [-0.15, -0.1) is 21.5 Å². The van der Waals surface area contributed by atoms with Crippen LogP contribution in [0.1, 0.15) is 15.5 Å². The molecular formula is C20H19N7OS. The highest BCUT2D eigenvalue weighted by Gasteiger charge is 2.25. The van der Waals surface area contributed by atoms with Crippen LogP contribution in [0.4, 0.5) is 5.82 Å². The molecule has 8 nitrogen and oxygen atoms in total. The van der Waals surface area contributed by atoms with Crippen LogP contribution in [-0.4, -0.2) is 61.9 Å². The van der Waals surface area contributed by atoms with Crippen LogP contribution in [0.15, 0.2) is 48.7 Å². The summed E-state index contributed by atoms with van der Waals surface area (Å²) < 4.78 is 2.75. The average molecular weight is 405 g/mol. The topological polar surface area (TPSA) is 80.0 Å². The van der Waals surface area contributed by atoms with E-state index in [9.17, 15) is 4.79 Å². The van der Waals surface area contributed by atoms with Crippen molar-refractivity contribution in [2.45, 2.75) is 6.92 Å². The molecule has 3 aromatic heterocycles. The van der Waals surface area contributed by atoms with Gasteiger partial charge in [0.1, 0.15) is 0 Å². The lowest BCUT2D eigenvalue weighted by molar-refractivity contribution is 0.0746. The Balaban J connectivity index is 1.24. The van der Waals surface area contributed by atoms with Gasteiger partial charge in [0.25, 0.3) is 5.91 Å². The number of aromatic nitrogens is 5. The fourth-order valence-electron chi connectivity index (χ4n) is 3.39. The Bertz CT molecular complexity index is 1130. The highest BCUT2D eigenvalue weighted by atomic mass is 32.1. The maximum Gasteiger partial charge on any atom is 0.282 e. The minimum Gasteiger partial charge on any atom is -0.352 e. The van der Waals surface area contributed by atoms with Crippen LogP contribution in [-0.2, 0) is 0 Å². The first kappa shape index (κ1) is 17.7. The number of hydrogen-bond acceptors (Lipinski definition) is 7. The number of amides is 1. The molecule has 0 spiro atoms. The number of carbonyl (C=O) groups excluding carboxylic acids is 1. The molecule has 1 aliphatic rings. The Morgan fingerprint density at radius 1 is 0.966 bits per heavy atom. The number of para-hydroxylation sites is 1. The molecule has 29 heavy (non-hydrogen) atoms. The molecule has 0 aliphatic carbocycles. The summed E-state index contributed by atoms with van der Waals surface area (Å²) in [6.07, 6.45) is 1.87. The normalized spacial score (nSPS) is 14.5. The zero-order chi connectivity index (χ0) is 19.8. The number of fused-ring (bicyclic) bond motifs is 1. The number of piperazine rings is 1. The Morgan fingerprint density at radius 3 is 2.41 bits per heavy atom. The van der Waals surface area contributed by atoms with E-state index in [1.54, 1.807) is 4.68 Å². The average Bonchev–Trinajstić information content (AvgIpc) is 3.40. The molecule has 4 heterocycles. The smallest absolute Gasteiger partial charge is 0.282 e. The summed E-state index contributed by atoms with van der Waals surface area (Å²) in [7, 11) is 0. The largest absolute Gasteiger partial charge is 0.352 e. The number of thiazole rings is 1. The number of nitrogens with zero attached hydrogens (tertiary/aromatic N) is 7. The first-order valence-electron chi connectivity index (χ1n) is 9.43. The van der Waals surface area contributed by atoms with Crippen molar-refractivity contribution in [1.29, 1.82) is 0 Å². The summed E-state index contributed by atoms with van der Waals surface area (Å²) in [4.78, 5) is 21.3. The van der Waals surface area contributed by atoms with Crippen molar-refractivity contribution in [3.05, 3.63) is 59.4 Å². The Kier molecular flexibility index (Phi) is 4.44. The zero-order valence-electron chi connectivity index (χ0n) is 15.9. The SMILES string of the molecule is Cc1ccn(-c2ccc(N3CCN(C(=O)c4nc5ccccc5s4)CC3)nn2)n1. The predicted molar refractivity (Wildman–Crippen MR) is 112 cm³/mol. The number of carbonyl (C=O) groups is 1. The van der Waals surface area contributed by atoms with Gasteiger partial charge < -0.3 is 9.80 Å². The molecule has 1 amide bonds. The molecule has 0 unspecified atom stereocenters. The Labute approximate surface area is 171 Å². The lowest BCUT2D eigenvalue weighted by Crippen LogP contribution is -2.49. The van der Waals surface area contributed by atoms with E-state index < -0.39 is 0 Å². The fourth-order valence-corrected chi connectivity index (χ4v) is 4.32. The van der Waals surface area contributed by atoms with Gasteiger partial charge in [-0.25, -0.2) is 9.67 Å². The van der Waals surface area contributed by atoms with Gasteiger partial charge in [-0.05, 0) is 37.3 Å². The maximum atomic E-state index is 12.8. The second-order valence-electron chi connectivity index (χ2n) is 6.92. The summed E-state index contributed by atoms with van der Waals surface area (Å²) in [5.41, 5.74) is 1.81. The molecule has 4 aromatic rings. The van der Waals surface area contributed by atoms with E-state index in [4.69, 9.17) is 0 Å². The molecule has 0 radical (unpaired) electrons. The quantitative estimate of drug-likeness (QED) is 0.521. The van der Waals surface area contributed by atoms with Crippen molar-refractivity contribution in [2.24, 2.45) is 0 Å². The molecule has 0 atom stereocenters. The van der Waals surface area contributed by atoms with Gasteiger partial charge in [-0.3, -0.25) is 4.79 Å². The van der Waals surface area contributed by atoms with E-state index in [0.29, 0.717) is 37.0 Å². The lowest BCUT2D eigenvalue weighted by Gasteiger charge is -2.34. The molecule has 0 bridgehead atoms. The maximum absolute atomic E-state index is 12.8. The Hall–Kier alpha value is -3.33. The van der Waals surface area contributed by atoms with Gasteiger partial charge in [0.05, 0.1) is 15.9 Å². The summed E-state index contributed by atoms with van der Waals surface area (Å²) >= 11 is 1.45. The van der Waals surface area contributed by atoms with Gasteiger partial charge in [0.15, 0.2) is 16.6 Å². The first-order chi connectivity index (χ1) is 14.2. The second-order valence-corrected chi connectivity index (χ2v) is 7.95. The number of benzene rings is 1. The van der Waals surface area contributed by atoms with Crippen molar-refractivity contribution >= 4 is 33.3 Å². The monoisotopic (exact) mass is 405 g/mol. The van der Waals surface area contributed by atoms with E-state index in [1.165, 1.54) is 11.3 Å².